The highest BCUT2D eigenvalue weighted by molar-refractivity contribution is 7.80. The van der Waals surface area contributed by atoms with Gasteiger partial charge in [0.2, 0.25) is 0 Å². The van der Waals surface area contributed by atoms with E-state index in [0.29, 0.717) is 5.92 Å². The average Bonchev–Trinajstić information content (AvgIpc) is 3.24. The number of rotatable bonds is 4. The van der Waals surface area contributed by atoms with Crippen molar-refractivity contribution in [3.05, 3.63) is 65.2 Å². The minimum absolute atomic E-state index is 0.0662. The summed E-state index contributed by atoms with van der Waals surface area (Å²) in [5.74, 6) is -1.59. The number of benzene rings is 2. The number of anilines is 1. The van der Waals surface area contributed by atoms with E-state index < -0.39 is 11.6 Å². The van der Waals surface area contributed by atoms with E-state index in [1.54, 1.807) is 0 Å². The average molecular weight is 304 g/mol. The maximum atomic E-state index is 14.0. The zero-order valence-electron chi connectivity index (χ0n) is 11.1. The summed E-state index contributed by atoms with van der Waals surface area (Å²) in [6, 6.07) is 13.0. The van der Waals surface area contributed by atoms with Crippen molar-refractivity contribution in [1.29, 1.82) is 0 Å². The lowest BCUT2D eigenvalue weighted by molar-refractivity contribution is 0.509. The first kappa shape index (κ1) is 13.9. The molecule has 2 unspecified atom stereocenters. The van der Waals surface area contributed by atoms with E-state index in [1.807, 2.05) is 30.3 Å². The SMILES string of the molecule is NC(=S)c1ccc(NC2CC2c2ccccc2)c(F)c1F. The molecule has 0 radical (unpaired) electrons. The summed E-state index contributed by atoms with van der Waals surface area (Å²) in [4.78, 5) is -0.147. The zero-order chi connectivity index (χ0) is 15.0. The molecule has 1 aliphatic rings. The van der Waals surface area contributed by atoms with Gasteiger partial charge in [-0.2, -0.15) is 0 Å². The molecule has 0 bridgehead atoms. The van der Waals surface area contributed by atoms with Gasteiger partial charge in [0.25, 0.3) is 0 Å². The van der Waals surface area contributed by atoms with Gasteiger partial charge in [0.1, 0.15) is 4.99 Å². The van der Waals surface area contributed by atoms with Gasteiger partial charge in [0.15, 0.2) is 11.6 Å². The summed E-state index contributed by atoms with van der Waals surface area (Å²) in [7, 11) is 0. The molecule has 0 saturated heterocycles. The van der Waals surface area contributed by atoms with Crippen LogP contribution >= 0.6 is 12.2 Å². The molecule has 21 heavy (non-hydrogen) atoms. The maximum Gasteiger partial charge on any atom is 0.182 e. The standard InChI is InChI=1S/C16H14F2N2S/c17-14-10(16(19)21)6-7-12(15(14)18)20-13-8-11(13)9-4-2-1-3-5-9/h1-7,11,13,20H,8H2,(H2,19,21). The Kier molecular flexibility index (Phi) is 3.59. The lowest BCUT2D eigenvalue weighted by atomic mass is 10.1. The summed E-state index contributed by atoms with van der Waals surface area (Å²) in [5.41, 5.74) is 6.64. The highest BCUT2D eigenvalue weighted by Gasteiger charge is 2.38. The van der Waals surface area contributed by atoms with Crippen LogP contribution in [0.3, 0.4) is 0 Å². The summed E-state index contributed by atoms with van der Waals surface area (Å²) in [6.07, 6.45) is 0.905. The number of hydrogen-bond acceptors (Lipinski definition) is 2. The molecule has 2 atom stereocenters. The largest absolute Gasteiger partial charge is 0.389 e. The van der Waals surface area contributed by atoms with Gasteiger partial charge in [-0.05, 0) is 24.1 Å². The fraction of sp³-hybridized carbons (Fsp3) is 0.188. The van der Waals surface area contributed by atoms with Crippen LogP contribution in [0.25, 0.3) is 0 Å². The van der Waals surface area contributed by atoms with Crippen LogP contribution in [0.2, 0.25) is 0 Å². The fourth-order valence-electron chi connectivity index (χ4n) is 2.47. The van der Waals surface area contributed by atoms with Crippen molar-refractivity contribution in [3.63, 3.8) is 0 Å². The maximum absolute atomic E-state index is 14.0. The van der Waals surface area contributed by atoms with Gasteiger partial charge in [-0.1, -0.05) is 42.5 Å². The molecule has 0 aromatic heterocycles. The van der Waals surface area contributed by atoms with Crippen LogP contribution in [0.5, 0.6) is 0 Å². The van der Waals surface area contributed by atoms with Gasteiger partial charge in [-0.3, -0.25) is 0 Å². The van der Waals surface area contributed by atoms with Crippen LogP contribution in [-0.2, 0) is 0 Å². The summed E-state index contributed by atoms with van der Waals surface area (Å²) in [6.45, 7) is 0. The third kappa shape index (κ3) is 2.74. The number of halogens is 2. The second-order valence-electron chi connectivity index (χ2n) is 5.16. The molecule has 3 N–H and O–H groups in total. The third-order valence-electron chi connectivity index (χ3n) is 3.71. The number of nitrogens with two attached hydrogens (primary N) is 1. The lowest BCUT2D eigenvalue weighted by Gasteiger charge is -2.10. The molecule has 3 rings (SSSR count). The first-order chi connectivity index (χ1) is 10.1. The van der Waals surface area contributed by atoms with Gasteiger partial charge in [0, 0.05) is 17.5 Å². The molecule has 0 aliphatic heterocycles. The van der Waals surface area contributed by atoms with Crippen molar-refractivity contribution in [3.8, 4) is 0 Å². The Morgan fingerprint density at radius 2 is 1.81 bits per heavy atom. The van der Waals surface area contributed by atoms with Crippen molar-refractivity contribution in [2.45, 2.75) is 18.4 Å². The Bertz CT molecular complexity index is 688. The van der Waals surface area contributed by atoms with Gasteiger partial charge in [-0.15, -0.1) is 0 Å². The first-order valence-corrected chi connectivity index (χ1v) is 7.08. The van der Waals surface area contributed by atoms with Crippen LogP contribution < -0.4 is 11.1 Å². The molecule has 0 amide bonds. The molecule has 0 heterocycles. The van der Waals surface area contributed by atoms with Crippen LogP contribution in [0.15, 0.2) is 42.5 Å². The molecule has 2 aromatic rings. The predicted octanol–water partition coefficient (Wildman–Crippen LogP) is 3.57. The number of thiocarbonyl (C=S) groups is 1. The second-order valence-corrected chi connectivity index (χ2v) is 5.60. The first-order valence-electron chi connectivity index (χ1n) is 6.67. The molecule has 5 heteroatoms. The van der Waals surface area contributed by atoms with Crippen LogP contribution in [0, 0.1) is 11.6 Å². The highest BCUT2D eigenvalue weighted by Crippen LogP contribution is 2.43. The summed E-state index contributed by atoms with van der Waals surface area (Å²) >= 11 is 4.69. The van der Waals surface area contributed by atoms with Gasteiger partial charge in [-0.25, -0.2) is 8.78 Å². The third-order valence-corrected chi connectivity index (χ3v) is 3.93. The van der Waals surface area contributed by atoms with E-state index in [1.165, 1.54) is 17.7 Å². The number of hydrogen-bond donors (Lipinski definition) is 2. The lowest BCUT2D eigenvalue weighted by Crippen LogP contribution is -2.14. The Morgan fingerprint density at radius 3 is 2.48 bits per heavy atom. The quantitative estimate of drug-likeness (QED) is 0.848. The number of nitrogens with one attached hydrogen (secondary N) is 1. The Labute approximate surface area is 127 Å². The normalized spacial score (nSPS) is 20.1. The topological polar surface area (TPSA) is 38.0 Å². The monoisotopic (exact) mass is 304 g/mol. The van der Waals surface area contributed by atoms with E-state index >= 15 is 0 Å². The fourth-order valence-corrected chi connectivity index (χ4v) is 2.63. The molecule has 1 fully saturated rings. The van der Waals surface area contributed by atoms with E-state index in [-0.39, 0.29) is 22.3 Å². The molecule has 2 nitrogen and oxygen atoms in total. The van der Waals surface area contributed by atoms with E-state index in [4.69, 9.17) is 5.73 Å². The summed E-state index contributed by atoms with van der Waals surface area (Å²) < 4.78 is 27.8. The highest BCUT2D eigenvalue weighted by atomic mass is 32.1. The predicted molar refractivity (Wildman–Crippen MR) is 83.5 cm³/mol. The van der Waals surface area contributed by atoms with Gasteiger partial charge >= 0.3 is 0 Å². The van der Waals surface area contributed by atoms with Crippen LogP contribution in [-0.4, -0.2) is 11.0 Å². The second kappa shape index (κ2) is 5.41. The minimum Gasteiger partial charge on any atom is -0.389 e. The van der Waals surface area contributed by atoms with Crippen LogP contribution in [0.4, 0.5) is 14.5 Å². The Morgan fingerprint density at radius 1 is 1.10 bits per heavy atom. The molecule has 108 valence electrons. The Balaban J connectivity index is 1.76. The smallest absolute Gasteiger partial charge is 0.182 e. The van der Waals surface area contributed by atoms with Crippen molar-refractivity contribution >= 4 is 22.9 Å². The van der Waals surface area contributed by atoms with E-state index in [9.17, 15) is 8.78 Å². The molecule has 1 saturated carbocycles. The van der Waals surface area contributed by atoms with Crippen molar-refractivity contribution < 1.29 is 8.78 Å². The van der Waals surface area contributed by atoms with Crippen molar-refractivity contribution in [2.75, 3.05) is 5.32 Å². The van der Waals surface area contributed by atoms with E-state index in [2.05, 4.69) is 17.5 Å². The zero-order valence-corrected chi connectivity index (χ0v) is 12.0. The summed E-state index contributed by atoms with van der Waals surface area (Å²) in [5, 5.41) is 3.04. The van der Waals surface area contributed by atoms with E-state index in [0.717, 1.165) is 6.42 Å². The van der Waals surface area contributed by atoms with Gasteiger partial charge in [0.05, 0.1) is 5.69 Å². The van der Waals surface area contributed by atoms with Crippen molar-refractivity contribution in [1.82, 2.24) is 0 Å². The van der Waals surface area contributed by atoms with Gasteiger partial charge < -0.3 is 11.1 Å². The molecule has 0 spiro atoms. The Hall–Kier alpha value is -2.01. The minimum atomic E-state index is -0.996. The van der Waals surface area contributed by atoms with Crippen molar-refractivity contribution in [2.24, 2.45) is 5.73 Å². The molecular weight excluding hydrogens is 290 g/mol. The molecule has 1 aliphatic carbocycles. The van der Waals surface area contributed by atoms with Crippen LogP contribution in [0.1, 0.15) is 23.5 Å². The molecular formula is C16H14F2N2S. The molecule has 2 aromatic carbocycles.